The highest BCUT2D eigenvalue weighted by Gasteiger charge is 2.10. The van der Waals surface area contributed by atoms with Crippen LogP contribution in [0.5, 0.6) is 0 Å². The Hall–Kier alpha value is -0.980. The molecule has 0 saturated heterocycles. The molecule has 18 heavy (non-hydrogen) atoms. The van der Waals surface area contributed by atoms with E-state index in [1.807, 2.05) is 6.92 Å². The van der Waals surface area contributed by atoms with E-state index < -0.39 is 10.0 Å². The largest absolute Gasteiger partial charge is 0.309 e. The summed E-state index contributed by atoms with van der Waals surface area (Å²) in [7, 11) is -3.20. The van der Waals surface area contributed by atoms with Gasteiger partial charge < -0.3 is 5.32 Å². The summed E-state index contributed by atoms with van der Waals surface area (Å²) < 4.78 is 38.2. The fourth-order valence-corrected chi connectivity index (χ4v) is 2.57. The molecule has 0 spiro atoms. The van der Waals surface area contributed by atoms with Crippen molar-refractivity contribution in [3.8, 4) is 0 Å². The highest BCUT2D eigenvalue weighted by molar-refractivity contribution is 7.89. The van der Waals surface area contributed by atoms with Crippen molar-refractivity contribution >= 4 is 10.0 Å². The van der Waals surface area contributed by atoms with Crippen LogP contribution in [-0.4, -0.2) is 27.3 Å². The van der Waals surface area contributed by atoms with Gasteiger partial charge in [-0.2, -0.15) is 0 Å². The predicted molar refractivity (Wildman–Crippen MR) is 70.3 cm³/mol. The van der Waals surface area contributed by atoms with Crippen LogP contribution in [0.3, 0.4) is 0 Å². The summed E-state index contributed by atoms with van der Waals surface area (Å²) in [5.74, 6) is -0.276. The third-order valence-corrected chi connectivity index (χ3v) is 4.00. The van der Waals surface area contributed by atoms with Gasteiger partial charge in [-0.1, -0.05) is 19.1 Å². The maximum Gasteiger partial charge on any atom is 0.212 e. The van der Waals surface area contributed by atoms with Gasteiger partial charge >= 0.3 is 0 Å². The summed E-state index contributed by atoms with van der Waals surface area (Å²) >= 11 is 0. The van der Waals surface area contributed by atoms with Crippen molar-refractivity contribution in [1.82, 2.24) is 10.0 Å². The second-order valence-electron chi connectivity index (χ2n) is 4.05. The second-order valence-corrected chi connectivity index (χ2v) is 5.97. The summed E-state index contributed by atoms with van der Waals surface area (Å²) in [5.41, 5.74) is 0.802. The molecule has 1 aromatic carbocycles. The van der Waals surface area contributed by atoms with Gasteiger partial charge in [0.05, 0.1) is 5.75 Å². The van der Waals surface area contributed by atoms with Crippen LogP contribution < -0.4 is 10.0 Å². The molecular weight excluding hydrogens is 255 g/mol. The van der Waals surface area contributed by atoms with Crippen molar-refractivity contribution in [2.45, 2.75) is 19.9 Å². The lowest BCUT2D eigenvalue weighted by molar-refractivity contribution is 0.560. The minimum absolute atomic E-state index is 0.0144. The zero-order chi connectivity index (χ0) is 13.6. The zero-order valence-corrected chi connectivity index (χ0v) is 11.4. The van der Waals surface area contributed by atoms with Gasteiger partial charge in [0.25, 0.3) is 0 Å². The van der Waals surface area contributed by atoms with Crippen molar-refractivity contribution in [2.24, 2.45) is 0 Å². The molecule has 0 aliphatic rings. The van der Waals surface area contributed by atoms with E-state index in [-0.39, 0.29) is 17.6 Å². The number of halogens is 1. The van der Waals surface area contributed by atoms with Gasteiger partial charge in [0.15, 0.2) is 0 Å². The Morgan fingerprint density at radius 3 is 2.72 bits per heavy atom. The SMILES string of the molecule is CCNS(=O)(=O)CCNC(C)c1cccc(F)c1. The first-order chi connectivity index (χ1) is 8.44. The van der Waals surface area contributed by atoms with E-state index in [0.29, 0.717) is 13.1 Å². The fourth-order valence-electron chi connectivity index (χ4n) is 1.60. The number of sulfonamides is 1. The molecule has 1 unspecified atom stereocenters. The van der Waals surface area contributed by atoms with Crippen molar-refractivity contribution in [1.29, 1.82) is 0 Å². The lowest BCUT2D eigenvalue weighted by Crippen LogP contribution is -2.32. The average molecular weight is 274 g/mol. The molecule has 6 heteroatoms. The lowest BCUT2D eigenvalue weighted by Gasteiger charge is -2.14. The topological polar surface area (TPSA) is 58.2 Å². The van der Waals surface area contributed by atoms with Crippen LogP contribution in [-0.2, 0) is 10.0 Å². The van der Waals surface area contributed by atoms with Crippen molar-refractivity contribution in [3.05, 3.63) is 35.6 Å². The lowest BCUT2D eigenvalue weighted by atomic mass is 10.1. The number of benzene rings is 1. The molecule has 0 heterocycles. The van der Waals surface area contributed by atoms with Crippen LogP contribution in [0.4, 0.5) is 4.39 Å². The Kier molecular flexibility index (Phi) is 5.71. The fraction of sp³-hybridized carbons (Fsp3) is 0.500. The van der Waals surface area contributed by atoms with Gasteiger partial charge in [-0.3, -0.25) is 0 Å². The van der Waals surface area contributed by atoms with E-state index in [4.69, 9.17) is 0 Å². The second kappa shape index (κ2) is 6.82. The van der Waals surface area contributed by atoms with E-state index in [9.17, 15) is 12.8 Å². The quantitative estimate of drug-likeness (QED) is 0.790. The van der Waals surface area contributed by atoms with Gasteiger partial charge in [0, 0.05) is 19.1 Å². The number of hydrogen-bond donors (Lipinski definition) is 2. The highest BCUT2D eigenvalue weighted by atomic mass is 32.2. The minimum Gasteiger partial charge on any atom is -0.309 e. The van der Waals surface area contributed by atoms with Crippen LogP contribution >= 0.6 is 0 Å². The molecule has 1 rings (SSSR count). The first-order valence-corrected chi connectivity index (χ1v) is 7.56. The molecular formula is C12H19FN2O2S. The molecule has 0 saturated carbocycles. The maximum atomic E-state index is 13.0. The van der Waals surface area contributed by atoms with Gasteiger partial charge in [0.2, 0.25) is 10.0 Å². The first-order valence-electron chi connectivity index (χ1n) is 5.91. The molecule has 0 aliphatic heterocycles. The Labute approximate surface area is 108 Å². The van der Waals surface area contributed by atoms with Crippen LogP contribution in [0.2, 0.25) is 0 Å². The van der Waals surface area contributed by atoms with E-state index in [1.165, 1.54) is 12.1 Å². The van der Waals surface area contributed by atoms with Crippen LogP contribution in [0, 0.1) is 5.82 Å². The normalized spacial score (nSPS) is 13.5. The molecule has 0 amide bonds. The Bertz CT molecular complexity index is 477. The predicted octanol–water partition coefficient (Wildman–Crippen LogP) is 1.42. The van der Waals surface area contributed by atoms with Crippen LogP contribution in [0.15, 0.2) is 24.3 Å². The number of hydrogen-bond acceptors (Lipinski definition) is 3. The maximum absolute atomic E-state index is 13.0. The Balaban J connectivity index is 2.45. The van der Waals surface area contributed by atoms with Crippen LogP contribution in [0.1, 0.15) is 25.5 Å². The van der Waals surface area contributed by atoms with E-state index in [2.05, 4.69) is 10.0 Å². The Morgan fingerprint density at radius 2 is 2.11 bits per heavy atom. The zero-order valence-electron chi connectivity index (χ0n) is 10.6. The Morgan fingerprint density at radius 1 is 1.39 bits per heavy atom. The first kappa shape index (κ1) is 15.1. The third kappa shape index (κ3) is 5.12. The van der Waals surface area contributed by atoms with Gasteiger partial charge in [-0.05, 0) is 24.6 Å². The third-order valence-electron chi connectivity index (χ3n) is 2.53. The molecule has 0 bridgehead atoms. The molecule has 0 aromatic heterocycles. The molecule has 1 aromatic rings. The molecule has 0 aliphatic carbocycles. The average Bonchev–Trinajstić information content (AvgIpc) is 2.28. The molecule has 102 valence electrons. The molecule has 4 nitrogen and oxygen atoms in total. The molecule has 2 N–H and O–H groups in total. The minimum atomic E-state index is -3.20. The van der Waals surface area contributed by atoms with E-state index in [0.717, 1.165) is 5.56 Å². The summed E-state index contributed by atoms with van der Waals surface area (Å²) in [6.07, 6.45) is 0. The van der Waals surface area contributed by atoms with Crippen LogP contribution in [0.25, 0.3) is 0 Å². The van der Waals surface area contributed by atoms with Gasteiger partial charge in [-0.25, -0.2) is 17.5 Å². The molecule has 0 radical (unpaired) electrons. The molecule has 0 fully saturated rings. The summed E-state index contributed by atoms with van der Waals surface area (Å²) in [5, 5.41) is 3.05. The van der Waals surface area contributed by atoms with Gasteiger partial charge in [-0.15, -0.1) is 0 Å². The van der Waals surface area contributed by atoms with Gasteiger partial charge in [0.1, 0.15) is 5.82 Å². The summed E-state index contributed by atoms with van der Waals surface area (Å²) in [4.78, 5) is 0. The number of rotatable bonds is 7. The standard InChI is InChI=1S/C12H19FN2O2S/c1-3-15-18(16,17)8-7-14-10(2)11-5-4-6-12(13)9-11/h4-6,9-10,14-15H,3,7-8H2,1-2H3. The highest BCUT2D eigenvalue weighted by Crippen LogP contribution is 2.12. The summed E-state index contributed by atoms with van der Waals surface area (Å²) in [6.45, 7) is 4.32. The van der Waals surface area contributed by atoms with Crippen molar-refractivity contribution in [3.63, 3.8) is 0 Å². The van der Waals surface area contributed by atoms with Crippen molar-refractivity contribution < 1.29 is 12.8 Å². The molecule has 1 atom stereocenters. The van der Waals surface area contributed by atoms with E-state index >= 15 is 0 Å². The smallest absolute Gasteiger partial charge is 0.212 e. The summed E-state index contributed by atoms with van der Waals surface area (Å²) in [6, 6.07) is 6.18. The monoisotopic (exact) mass is 274 g/mol. The number of nitrogens with one attached hydrogen (secondary N) is 2. The van der Waals surface area contributed by atoms with Crippen molar-refractivity contribution in [2.75, 3.05) is 18.8 Å². The van der Waals surface area contributed by atoms with E-state index in [1.54, 1.807) is 19.1 Å².